The highest BCUT2D eigenvalue weighted by atomic mass is 79.9. The van der Waals surface area contributed by atoms with Crippen molar-refractivity contribution in [3.8, 4) is 17.5 Å². The molecule has 1 aliphatic carbocycles. The lowest BCUT2D eigenvalue weighted by Gasteiger charge is -2.40. The minimum atomic E-state index is -2.09. The second kappa shape index (κ2) is 8.76. The number of hydrogen-bond donors (Lipinski definition) is 2. The molecule has 2 aliphatic rings. The Labute approximate surface area is 217 Å². The van der Waals surface area contributed by atoms with Gasteiger partial charge >= 0.3 is 0 Å². The van der Waals surface area contributed by atoms with Crippen molar-refractivity contribution in [3.63, 3.8) is 0 Å². The van der Waals surface area contributed by atoms with E-state index >= 15 is 0 Å². The fraction of sp³-hybridized carbons (Fsp3) is 0.333. The summed E-state index contributed by atoms with van der Waals surface area (Å²) in [4.78, 5) is 19.4. The molecule has 0 bridgehead atoms. The van der Waals surface area contributed by atoms with E-state index in [2.05, 4.69) is 20.9 Å². The minimum Gasteiger partial charge on any atom is -0.481 e. The summed E-state index contributed by atoms with van der Waals surface area (Å²) in [6, 6.07) is 18.2. The van der Waals surface area contributed by atoms with E-state index in [1.807, 2.05) is 54.6 Å². The summed E-state index contributed by atoms with van der Waals surface area (Å²) in [5, 5.41) is 24.7. The molecule has 1 fully saturated rings. The molecule has 1 aliphatic heterocycles. The number of halogens is 1. The number of fused-ring (bicyclic) bond motifs is 3. The lowest BCUT2D eigenvalue weighted by Crippen LogP contribution is -2.52. The Morgan fingerprint density at radius 2 is 1.75 bits per heavy atom. The van der Waals surface area contributed by atoms with Gasteiger partial charge in [-0.3, -0.25) is 4.79 Å². The third-order valence-corrected chi connectivity index (χ3v) is 7.80. The number of nitrogens with zero attached hydrogens (tertiary/aromatic N) is 2. The van der Waals surface area contributed by atoms with Crippen molar-refractivity contribution in [2.24, 2.45) is 5.92 Å². The number of aliphatic hydroxyl groups excluding tert-OH is 1. The van der Waals surface area contributed by atoms with E-state index in [0.29, 0.717) is 5.56 Å². The van der Waals surface area contributed by atoms with Crippen molar-refractivity contribution in [3.05, 3.63) is 81.8 Å². The number of amides is 1. The van der Waals surface area contributed by atoms with E-state index in [4.69, 9.17) is 14.2 Å². The van der Waals surface area contributed by atoms with Gasteiger partial charge in [0.15, 0.2) is 11.2 Å². The molecule has 5 unspecified atom stereocenters. The third-order valence-electron chi connectivity index (χ3n) is 7.27. The molecule has 8 nitrogen and oxygen atoms in total. The van der Waals surface area contributed by atoms with Crippen molar-refractivity contribution in [2.45, 2.75) is 23.2 Å². The van der Waals surface area contributed by atoms with Crippen LogP contribution in [0.25, 0.3) is 0 Å². The fourth-order valence-corrected chi connectivity index (χ4v) is 6.06. The van der Waals surface area contributed by atoms with Crippen LogP contribution >= 0.6 is 15.9 Å². The average Bonchev–Trinajstić information content (AvgIpc) is 3.26. The van der Waals surface area contributed by atoms with Crippen LogP contribution in [-0.4, -0.2) is 60.4 Å². The molecule has 1 amide bonds. The Bertz CT molecular complexity index is 1300. The predicted octanol–water partition coefficient (Wildman–Crippen LogP) is 3.20. The number of rotatable bonds is 5. The standard InChI is InChI=1S/C27H27BrN2O6/c1-30(2)25(32)20-21(15-8-6-5-7-9-15)27(16-10-12-17(28)13-11-16)26(33,23(20)31)22-18(36-27)14-19(34-3)29-24(22)35-4/h5-14,20-21,23,31,33H,1-4H3. The lowest BCUT2D eigenvalue weighted by molar-refractivity contribution is -0.156. The first kappa shape index (κ1) is 24.5. The molecule has 5 rings (SSSR count). The van der Waals surface area contributed by atoms with Gasteiger partial charge < -0.3 is 29.3 Å². The second-order valence-corrected chi connectivity index (χ2v) is 10.2. The van der Waals surface area contributed by atoms with Gasteiger partial charge in [-0.1, -0.05) is 58.4 Å². The van der Waals surface area contributed by atoms with Crippen LogP contribution in [0.15, 0.2) is 65.1 Å². The van der Waals surface area contributed by atoms with Crippen LogP contribution in [0.4, 0.5) is 0 Å². The van der Waals surface area contributed by atoms with Gasteiger partial charge in [0.2, 0.25) is 17.7 Å². The number of pyridine rings is 1. The first-order valence-corrected chi connectivity index (χ1v) is 12.2. The largest absolute Gasteiger partial charge is 0.481 e. The highest BCUT2D eigenvalue weighted by Gasteiger charge is 2.78. The van der Waals surface area contributed by atoms with Crippen molar-refractivity contribution in [1.82, 2.24) is 9.88 Å². The monoisotopic (exact) mass is 554 g/mol. The molecule has 1 saturated carbocycles. The number of methoxy groups -OCH3 is 2. The van der Waals surface area contributed by atoms with Crippen molar-refractivity contribution < 1.29 is 29.2 Å². The highest BCUT2D eigenvalue weighted by molar-refractivity contribution is 9.10. The summed E-state index contributed by atoms with van der Waals surface area (Å²) in [6.07, 6.45) is -1.55. The van der Waals surface area contributed by atoms with Gasteiger partial charge in [0.05, 0.1) is 25.7 Å². The van der Waals surface area contributed by atoms with E-state index in [-0.39, 0.29) is 29.0 Å². The Hall–Kier alpha value is -3.14. The number of benzene rings is 2. The van der Waals surface area contributed by atoms with E-state index in [1.54, 1.807) is 20.2 Å². The van der Waals surface area contributed by atoms with Crippen molar-refractivity contribution >= 4 is 21.8 Å². The molecule has 9 heteroatoms. The number of ether oxygens (including phenoxy) is 3. The summed E-state index contributed by atoms with van der Waals surface area (Å²) in [6.45, 7) is 0. The zero-order chi connectivity index (χ0) is 25.8. The topological polar surface area (TPSA) is 101 Å². The molecule has 3 aromatic rings. The number of carbonyl (C=O) groups is 1. The van der Waals surface area contributed by atoms with Crippen molar-refractivity contribution in [1.29, 1.82) is 0 Å². The summed E-state index contributed by atoms with van der Waals surface area (Å²) in [5.74, 6) is -1.59. The Kier molecular flexibility index (Phi) is 5.97. The minimum absolute atomic E-state index is 0.0506. The van der Waals surface area contributed by atoms with Gasteiger partial charge in [0.1, 0.15) is 11.9 Å². The highest BCUT2D eigenvalue weighted by Crippen LogP contribution is 2.70. The maximum absolute atomic E-state index is 13.6. The van der Waals surface area contributed by atoms with E-state index in [0.717, 1.165) is 10.0 Å². The maximum atomic E-state index is 13.6. The fourth-order valence-electron chi connectivity index (χ4n) is 5.80. The number of carbonyl (C=O) groups excluding carboxylic acids is 1. The van der Waals surface area contributed by atoms with Gasteiger partial charge in [0.25, 0.3) is 0 Å². The lowest BCUT2D eigenvalue weighted by atomic mass is 9.70. The predicted molar refractivity (Wildman–Crippen MR) is 135 cm³/mol. The number of aliphatic hydroxyl groups is 2. The zero-order valence-electron chi connectivity index (χ0n) is 20.3. The molecule has 5 atom stereocenters. The van der Waals surface area contributed by atoms with Crippen LogP contribution in [0.5, 0.6) is 17.5 Å². The number of aromatic nitrogens is 1. The van der Waals surface area contributed by atoms with Crippen LogP contribution < -0.4 is 14.2 Å². The van der Waals surface area contributed by atoms with Crippen LogP contribution in [0.1, 0.15) is 22.6 Å². The van der Waals surface area contributed by atoms with Gasteiger partial charge in [-0.2, -0.15) is 4.98 Å². The van der Waals surface area contributed by atoms with Gasteiger partial charge in [-0.25, -0.2) is 0 Å². The van der Waals surface area contributed by atoms with Gasteiger partial charge in [0, 0.05) is 30.6 Å². The average molecular weight is 555 g/mol. The van der Waals surface area contributed by atoms with Gasteiger partial charge in [-0.05, 0) is 23.3 Å². The molecule has 1 aromatic heterocycles. The molecule has 0 radical (unpaired) electrons. The van der Waals surface area contributed by atoms with E-state index in [9.17, 15) is 15.0 Å². The van der Waals surface area contributed by atoms with E-state index in [1.165, 1.54) is 19.1 Å². The Morgan fingerprint density at radius 3 is 2.33 bits per heavy atom. The first-order chi connectivity index (χ1) is 17.2. The normalized spacial score (nSPS) is 28.1. The van der Waals surface area contributed by atoms with Crippen molar-refractivity contribution in [2.75, 3.05) is 28.3 Å². The van der Waals surface area contributed by atoms with Crippen LogP contribution in [0.2, 0.25) is 0 Å². The molecule has 0 spiro atoms. The molecule has 0 saturated heterocycles. The summed E-state index contributed by atoms with van der Waals surface area (Å²) < 4.78 is 18.5. The van der Waals surface area contributed by atoms with E-state index < -0.39 is 29.1 Å². The molecule has 188 valence electrons. The SMILES string of the molecule is COc1cc2c(c(OC)n1)C1(O)C(O)C(C(=O)N(C)C)C(c3ccccc3)C1(c1ccc(Br)cc1)O2. The third kappa shape index (κ3) is 3.19. The number of hydrogen-bond acceptors (Lipinski definition) is 7. The van der Waals surface area contributed by atoms with Crippen LogP contribution in [0.3, 0.4) is 0 Å². The zero-order valence-corrected chi connectivity index (χ0v) is 21.9. The molecule has 2 aromatic carbocycles. The second-order valence-electron chi connectivity index (χ2n) is 9.25. The first-order valence-electron chi connectivity index (χ1n) is 11.5. The van der Waals surface area contributed by atoms with Crippen LogP contribution in [-0.2, 0) is 16.0 Å². The molecule has 2 heterocycles. The summed E-state index contributed by atoms with van der Waals surface area (Å²) >= 11 is 3.47. The molecular weight excluding hydrogens is 528 g/mol. The quantitative estimate of drug-likeness (QED) is 0.499. The molecular formula is C27H27BrN2O6. The van der Waals surface area contributed by atoms with Gasteiger partial charge in [-0.15, -0.1) is 0 Å². The Balaban J connectivity index is 1.89. The summed E-state index contributed by atoms with van der Waals surface area (Å²) in [7, 11) is 6.15. The molecule has 2 N–H and O–H groups in total. The van der Waals surface area contributed by atoms with Crippen LogP contribution in [0, 0.1) is 5.92 Å². The maximum Gasteiger partial charge on any atom is 0.228 e. The Morgan fingerprint density at radius 1 is 1.08 bits per heavy atom. The summed E-state index contributed by atoms with van der Waals surface area (Å²) in [5.41, 5.74) is -2.17. The molecule has 36 heavy (non-hydrogen) atoms. The smallest absolute Gasteiger partial charge is 0.228 e.